The van der Waals surface area contributed by atoms with Crippen molar-refractivity contribution in [2.75, 3.05) is 11.5 Å². The Morgan fingerprint density at radius 2 is 1.89 bits per heavy atom. The Kier molecular flexibility index (Phi) is 5.46. The zero-order chi connectivity index (χ0) is 20.4. The predicted molar refractivity (Wildman–Crippen MR) is 102 cm³/mol. The van der Waals surface area contributed by atoms with Crippen LogP contribution in [0.5, 0.6) is 11.5 Å². The Hall–Kier alpha value is -3.20. The minimum Gasteiger partial charge on any atom is -0.504 e. The first-order valence-corrected chi connectivity index (χ1v) is 8.93. The number of hydrogen-bond acceptors (Lipinski definition) is 5. The number of halogens is 2. The molecule has 2 aromatic carbocycles. The Labute approximate surface area is 167 Å². The SMILES string of the molecule is CCOc1cc(Br)cc(/C=C2\C(=O)NC(=O)N(c3ccc(F)cc3)C2=O)c1O. The number of hydrogen-bond donors (Lipinski definition) is 2. The van der Waals surface area contributed by atoms with Crippen LogP contribution in [0.25, 0.3) is 6.08 Å². The van der Waals surface area contributed by atoms with Crippen molar-refractivity contribution < 1.29 is 28.6 Å². The van der Waals surface area contributed by atoms with Crippen molar-refractivity contribution in [3.05, 3.63) is 57.8 Å². The Morgan fingerprint density at radius 1 is 1.21 bits per heavy atom. The summed E-state index contributed by atoms with van der Waals surface area (Å²) in [5, 5.41) is 12.4. The lowest BCUT2D eigenvalue weighted by Crippen LogP contribution is -2.54. The molecule has 0 radical (unpaired) electrons. The molecule has 1 saturated heterocycles. The molecule has 7 nitrogen and oxygen atoms in total. The lowest BCUT2D eigenvalue weighted by atomic mass is 10.1. The Bertz CT molecular complexity index is 1000. The number of benzene rings is 2. The van der Waals surface area contributed by atoms with Gasteiger partial charge in [-0.25, -0.2) is 14.1 Å². The summed E-state index contributed by atoms with van der Waals surface area (Å²) in [4.78, 5) is 37.9. The van der Waals surface area contributed by atoms with Gasteiger partial charge in [0, 0.05) is 10.0 Å². The van der Waals surface area contributed by atoms with Crippen molar-refractivity contribution in [1.29, 1.82) is 0 Å². The normalized spacial score (nSPS) is 15.8. The van der Waals surface area contributed by atoms with Gasteiger partial charge >= 0.3 is 6.03 Å². The molecule has 0 saturated carbocycles. The highest BCUT2D eigenvalue weighted by Crippen LogP contribution is 2.35. The number of ether oxygens (including phenoxy) is 1. The average Bonchev–Trinajstić information content (AvgIpc) is 2.63. The average molecular weight is 449 g/mol. The van der Waals surface area contributed by atoms with Gasteiger partial charge in [0.1, 0.15) is 11.4 Å². The third kappa shape index (κ3) is 3.74. The molecular formula is C19H14BrFN2O5. The molecule has 0 bridgehead atoms. The van der Waals surface area contributed by atoms with Crippen molar-refractivity contribution in [3.8, 4) is 11.5 Å². The summed E-state index contributed by atoms with van der Waals surface area (Å²) in [5.41, 5.74) is -0.139. The summed E-state index contributed by atoms with van der Waals surface area (Å²) in [6.45, 7) is 2.04. The number of nitrogens with one attached hydrogen (secondary N) is 1. The van der Waals surface area contributed by atoms with Gasteiger partial charge in [0.25, 0.3) is 11.8 Å². The van der Waals surface area contributed by atoms with Crippen LogP contribution in [0.2, 0.25) is 0 Å². The standard InChI is InChI=1S/C19H14BrFN2O5/c1-2-28-15-9-11(20)7-10(16(15)24)8-14-17(25)22-19(27)23(18(14)26)13-5-3-12(21)4-6-13/h3-9,24H,2H2,1H3,(H,22,25,27)/b14-8+. The molecule has 0 aromatic heterocycles. The van der Waals surface area contributed by atoms with Gasteiger partial charge in [-0.15, -0.1) is 0 Å². The van der Waals surface area contributed by atoms with E-state index in [1.165, 1.54) is 24.3 Å². The van der Waals surface area contributed by atoms with Crippen LogP contribution >= 0.6 is 15.9 Å². The van der Waals surface area contributed by atoms with E-state index in [1.807, 2.05) is 0 Å². The molecule has 1 heterocycles. The third-order valence-electron chi connectivity index (χ3n) is 3.86. The highest BCUT2D eigenvalue weighted by atomic mass is 79.9. The van der Waals surface area contributed by atoms with Crippen LogP contribution in [0, 0.1) is 5.82 Å². The van der Waals surface area contributed by atoms with Gasteiger partial charge < -0.3 is 9.84 Å². The predicted octanol–water partition coefficient (Wildman–Crippen LogP) is 3.36. The summed E-state index contributed by atoms with van der Waals surface area (Å²) < 4.78 is 19.0. The fourth-order valence-corrected chi connectivity index (χ4v) is 3.06. The number of carbonyl (C=O) groups excluding carboxylic acids is 3. The molecule has 1 aliphatic heterocycles. The molecule has 9 heteroatoms. The van der Waals surface area contributed by atoms with Gasteiger partial charge in [0.15, 0.2) is 11.5 Å². The maximum absolute atomic E-state index is 13.1. The maximum Gasteiger partial charge on any atom is 0.335 e. The molecule has 0 spiro atoms. The molecule has 0 atom stereocenters. The topological polar surface area (TPSA) is 95.9 Å². The largest absolute Gasteiger partial charge is 0.504 e. The fraction of sp³-hybridized carbons (Fsp3) is 0.105. The summed E-state index contributed by atoms with van der Waals surface area (Å²) in [7, 11) is 0. The van der Waals surface area contributed by atoms with Gasteiger partial charge in [-0.05, 0) is 49.4 Å². The molecule has 28 heavy (non-hydrogen) atoms. The number of nitrogens with zero attached hydrogens (tertiary/aromatic N) is 1. The minimum atomic E-state index is -0.952. The Morgan fingerprint density at radius 3 is 2.54 bits per heavy atom. The molecule has 2 aromatic rings. The van der Waals surface area contributed by atoms with E-state index in [2.05, 4.69) is 21.2 Å². The van der Waals surface area contributed by atoms with Gasteiger partial charge in [-0.2, -0.15) is 0 Å². The highest BCUT2D eigenvalue weighted by molar-refractivity contribution is 9.10. The van der Waals surface area contributed by atoms with Gasteiger partial charge in [0.05, 0.1) is 12.3 Å². The van der Waals surface area contributed by atoms with E-state index in [0.29, 0.717) is 16.0 Å². The van der Waals surface area contributed by atoms with E-state index in [0.717, 1.165) is 18.2 Å². The first-order chi connectivity index (χ1) is 13.3. The van der Waals surface area contributed by atoms with Crippen LogP contribution in [0.4, 0.5) is 14.9 Å². The maximum atomic E-state index is 13.1. The van der Waals surface area contributed by atoms with E-state index in [1.54, 1.807) is 6.92 Å². The molecule has 2 N–H and O–H groups in total. The van der Waals surface area contributed by atoms with Crippen molar-refractivity contribution in [3.63, 3.8) is 0 Å². The molecular weight excluding hydrogens is 435 g/mol. The Balaban J connectivity index is 2.06. The number of imide groups is 2. The van der Waals surface area contributed by atoms with E-state index in [-0.39, 0.29) is 28.3 Å². The van der Waals surface area contributed by atoms with Crippen LogP contribution in [-0.4, -0.2) is 29.6 Å². The van der Waals surface area contributed by atoms with E-state index in [4.69, 9.17) is 4.74 Å². The molecule has 144 valence electrons. The van der Waals surface area contributed by atoms with Crippen molar-refractivity contribution in [2.24, 2.45) is 0 Å². The molecule has 1 aliphatic rings. The number of rotatable bonds is 4. The molecule has 4 amide bonds. The zero-order valence-corrected chi connectivity index (χ0v) is 16.1. The minimum absolute atomic E-state index is 0.0933. The lowest BCUT2D eigenvalue weighted by molar-refractivity contribution is -0.122. The quantitative estimate of drug-likeness (QED) is 0.552. The first-order valence-electron chi connectivity index (χ1n) is 8.14. The number of anilines is 1. The lowest BCUT2D eigenvalue weighted by Gasteiger charge is -2.26. The molecule has 0 unspecified atom stereocenters. The number of barbiturate groups is 1. The van der Waals surface area contributed by atoms with Crippen molar-refractivity contribution in [1.82, 2.24) is 5.32 Å². The van der Waals surface area contributed by atoms with E-state index in [9.17, 15) is 23.9 Å². The van der Waals surface area contributed by atoms with E-state index < -0.39 is 23.7 Å². The monoisotopic (exact) mass is 448 g/mol. The number of carbonyl (C=O) groups is 3. The van der Waals surface area contributed by atoms with Gasteiger partial charge in [-0.3, -0.25) is 14.9 Å². The summed E-state index contributed by atoms with van der Waals surface area (Å²) in [6, 6.07) is 6.73. The number of amides is 4. The summed E-state index contributed by atoms with van der Waals surface area (Å²) >= 11 is 3.27. The number of urea groups is 1. The first kappa shape index (κ1) is 19.6. The summed E-state index contributed by atoms with van der Waals surface area (Å²) in [6.07, 6.45) is 1.16. The van der Waals surface area contributed by atoms with Crippen LogP contribution in [0.3, 0.4) is 0 Å². The van der Waals surface area contributed by atoms with Gasteiger partial charge in [-0.1, -0.05) is 15.9 Å². The van der Waals surface area contributed by atoms with Crippen LogP contribution in [0.15, 0.2) is 46.4 Å². The second kappa shape index (κ2) is 7.81. The van der Waals surface area contributed by atoms with Crippen LogP contribution in [0.1, 0.15) is 12.5 Å². The van der Waals surface area contributed by atoms with E-state index >= 15 is 0 Å². The number of phenolic OH excluding ortho intramolecular Hbond substituents is 1. The van der Waals surface area contributed by atoms with Crippen LogP contribution < -0.4 is 15.0 Å². The number of phenols is 1. The van der Waals surface area contributed by atoms with Crippen molar-refractivity contribution >= 4 is 45.5 Å². The van der Waals surface area contributed by atoms with Crippen molar-refractivity contribution in [2.45, 2.75) is 6.92 Å². The summed E-state index contributed by atoms with van der Waals surface area (Å²) in [5.74, 6) is -2.45. The number of aromatic hydroxyl groups is 1. The van der Waals surface area contributed by atoms with Crippen LogP contribution in [-0.2, 0) is 9.59 Å². The smallest absolute Gasteiger partial charge is 0.335 e. The molecule has 1 fully saturated rings. The second-order valence-electron chi connectivity index (χ2n) is 5.71. The second-order valence-corrected chi connectivity index (χ2v) is 6.62. The van der Waals surface area contributed by atoms with Gasteiger partial charge in [0.2, 0.25) is 0 Å². The third-order valence-corrected chi connectivity index (χ3v) is 4.31. The zero-order valence-electron chi connectivity index (χ0n) is 14.5. The fourth-order valence-electron chi connectivity index (χ4n) is 2.61. The molecule has 3 rings (SSSR count). The highest BCUT2D eigenvalue weighted by Gasteiger charge is 2.37. The molecule has 0 aliphatic carbocycles.